The van der Waals surface area contributed by atoms with E-state index in [0.717, 1.165) is 56.6 Å². The highest BCUT2D eigenvalue weighted by molar-refractivity contribution is 5.80. The van der Waals surface area contributed by atoms with Crippen LogP contribution in [0.15, 0.2) is 4.99 Å². The molecule has 3 heterocycles. The lowest BCUT2D eigenvalue weighted by Gasteiger charge is -2.26. The quantitative estimate of drug-likeness (QED) is 0.629. The Labute approximate surface area is 151 Å². The number of likely N-dealkylation sites (tertiary alicyclic amines) is 1. The lowest BCUT2D eigenvalue weighted by Crippen LogP contribution is -2.48. The maximum absolute atomic E-state index is 4.44. The largest absolute Gasteiger partial charge is 0.356 e. The fourth-order valence-electron chi connectivity index (χ4n) is 3.92. The summed E-state index contributed by atoms with van der Waals surface area (Å²) in [4.78, 5) is 6.97. The molecule has 0 aliphatic carbocycles. The molecule has 3 atom stereocenters. The van der Waals surface area contributed by atoms with Crippen LogP contribution in [-0.2, 0) is 13.0 Å². The van der Waals surface area contributed by atoms with Crippen molar-refractivity contribution in [2.24, 2.45) is 16.8 Å². The van der Waals surface area contributed by atoms with Gasteiger partial charge in [0.05, 0.1) is 0 Å². The third-order valence-corrected chi connectivity index (χ3v) is 5.70. The molecule has 0 amide bonds. The number of aromatic nitrogens is 3. The number of guanidine groups is 1. The van der Waals surface area contributed by atoms with Gasteiger partial charge >= 0.3 is 0 Å². The van der Waals surface area contributed by atoms with Gasteiger partial charge in [-0.3, -0.25) is 9.89 Å². The van der Waals surface area contributed by atoms with Crippen LogP contribution in [0.3, 0.4) is 0 Å². The Hall–Kier alpha value is -1.63. The Balaban J connectivity index is 1.50. The normalized spacial score (nSPS) is 27.6. The van der Waals surface area contributed by atoms with Gasteiger partial charge in [-0.15, -0.1) is 10.2 Å². The Bertz CT molecular complexity index is 607. The molecule has 25 heavy (non-hydrogen) atoms. The van der Waals surface area contributed by atoms with Crippen LogP contribution in [-0.4, -0.2) is 64.4 Å². The molecule has 7 nitrogen and oxygen atoms in total. The molecular formula is C18H33N7. The number of nitrogens with zero attached hydrogens (tertiary/aromatic N) is 5. The number of aliphatic imine (C=N–C) groups is 1. The number of rotatable bonds is 4. The van der Waals surface area contributed by atoms with Gasteiger partial charge in [0.15, 0.2) is 5.96 Å². The molecular weight excluding hydrogens is 314 g/mol. The van der Waals surface area contributed by atoms with E-state index in [9.17, 15) is 0 Å². The number of fused-ring (bicyclic) bond motifs is 1. The van der Waals surface area contributed by atoms with Crippen molar-refractivity contribution < 1.29 is 0 Å². The lowest BCUT2D eigenvalue weighted by atomic mass is 9.99. The maximum atomic E-state index is 4.44. The summed E-state index contributed by atoms with van der Waals surface area (Å²) in [6.45, 7) is 13.1. The molecule has 1 saturated heterocycles. The van der Waals surface area contributed by atoms with E-state index in [4.69, 9.17) is 0 Å². The van der Waals surface area contributed by atoms with Crippen LogP contribution in [0.5, 0.6) is 0 Å². The number of nitrogens with one attached hydrogen (secondary N) is 2. The molecule has 3 unspecified atom stereocenters. The maximum Gasteiger partial charge on any atom is 0.191 e. The fourth-order valence-corrected chi connectivity index (χ4v) is 3.92. The van der Waals surface area contributed by atoms with Gasteiger partial charge in [-0.1, -0.05) is 6.92 Å². The van der Waals surface area contributed by atoms with E-state index in [2.05, 4.69) is 56.1 Å². The van der Waals surface area contributed by atoms with Gasteiger partial charge in [0.2, 0.25) is 0 Å². The van der Waals surface area contributed by atoms with Gasteiger partial charge in [0, 0.05) is 51.7 Å². The summed E-state index contributed by atoms with van der Waals surface area (Å²) < 4.78 is 2.26. The predicted molar refractivity (Wildman–Crippen MR) is 101 cm³/mol. The molecule has 0 radical (unpaired) electrons. The molecule has 0 aromatic carbocycles. The second-order valence-electron chi connectivity index (χ2n) is 7.91. The van der Waals surface area contributed by atoms with Gasteiger partial charge in [0.1, 0.15) is 11.6 Å². The van der Waals surface area contributed by atoms with Gasteiger partial charge in [0.25, 0.3) is 0 Å². The first-order valence-corrected chi connectivity index (χ1v) is 9.57. The highest BCUT2D eigenvalue weighted by Crippen LogP contribution is 2.20. The first-order valence-electron chi connectivity index (χ1n) is 9.57. The van der Waals surface area contributed by atoms with E-state index >= 15 is 0 Å². The minimum absolute atomic E-state index is 0.464. The van der Waals surface area contributed by atoms with Gasteiger partial charge in [-0.2, -0.15) is 0 Å². The van der Waals surface area contributed by atoms with Crippen LogP contribution < -0.4 is 10.6 Å². The predicted octanol–water partition coefficient (Wildman–Crippen LogP) is 1.04. The smallest absolute Gasteiger partial charge is 0.191 e. The number of hydrogen-bond acceptors (Lipinski definition) is 4. The molecule has 2 N–H and O–H groups in total. The van der Waals surface area contributed by atoms with Gasteiger partial charge in [-0.05, 0) is 39.0 Å². The van der Waals surface area contributed by atoms with Crippen molar-refractivity contribution in [1.29, 1.82) is 0 Å². The topological polar surface area (TPSA) is 70.4 Å². The first-order chi connectivity index (χ1) is 12.0. The average molecular weight is 348 g/mol. The lowest BCUT2D eigenvalue weighted by molar-refractivity contribution is 0.265. The van der Waals surface area contributed by atoms with Crippen LogP contribution in [0.4, 0.5) is 0 Å². The molecule has 0 saturated carbocycles. The zero-order chi connectivity index (χ0) is 18.0. The first kappa shape index (κ1) is 18.2. The molecule has 2 aliphatic rings. The third kappa shape index (κ3) is 4.14. The van der Waals surface area contributed by atoms with Crippen LogP contribution in [0.25, 0.3) is 0 Å². The standard InChI is InChI=1S/C18H33N7/c1-12(2)24-9-13(3)16(11-24)21-18(19-5)20-8-15-6-7-17-23-22-14(4)25(17)10-15/h12-13,15-16H,6-11H2,1-5H3,(H2,19,20,21). The Kier molecular flexibility index (Phi) is 5.61. The molecule has 140 valence electrons. The molecule has 0 bridgehead atoms. The Morgan fingerprint density at radius 3 is 2.76 bits per heavy atom. The summed E-state index contributed by atoms with van der Waals surface area (Å²) in [5.74, 6) is 4.31. The summed E-state index contributed by atoms with van der Waals surface area (Å²) in [6.07, 6.45) is 2.17. The molecule has 1 aromatic rings. The van der Waals surface area contributed by atoms with Gasteiger partial charge < -0.3 is 15.2 Å². The van der Waals surface area contributed by atoms with E-state index in [0.29, 0.717) is 23.9 Å². The Morgan fingerprint density at radius 1 is 1.28 bits per heavy atom. The molecule has 0 spiro atoms. The highest BCUT2D eigenvalue weighted by Gasteiger charge is 2.31. The van der Waals surface area contributed by atoms with Crippen molar-refractivity contribution in [2.75, 3.05) is 26.7 Å². The molecule has 1 aromatic heterocycles. The van der Waals surface area contributed by atoms with Gasteiger partial charge in [-0.25, -0.2) is 0 Å². The molecule has 1 fully saturated rings. The van der Waals surface area contributed by atoms with E-state index in [1.54, 1.807) is 0 Å². The summed E-state index contributed by atoms with van der Waals surface area (Å²) in [6, 6.07) is 1.07. The van der Waals surface area contributed by atoms with Crippen molar-refractivity contribution in [2.45, 2.75) is 59.2 Å². The van der Waals surface area contributed by atoms with Crippen molar-refractivity contribution in [3.8, 4) is 0 Å². The summed E-state index contributed by atoms with van der Waals surface area (Å²) >= 11 is 0. The monoisotopic (exact) mass is 347 g/mol. The minimum atomic E-state index is 0.464. The minimum Gasteiger partial charge on any atom is -0.356 e. The van der Waals surface area contributed by atoms with Crippen LogP contribution in [0.1, 0.15) is 38.8 Å². The third-order valence-electron chi connectivity index (χ3n) is 5.70. The van der Waals surface area contributed by atoms with E-state index in [1.165, 1.54) is 0 Å². The fraction of sp³-hybridized carbons (Fsp3) is 0.833. The number of aryl methyl sites for hydroxylation is 2. The Morgan fingerprint density at radius 2 is 2.08 bits per heavy atom. The number of hydrogen-bond donors (Lipinski definition) is 2. The summed E-state index contributed by atoms with van der Waals surface area (Å²) in [7, 11) is 1.86. The zero-order valence-electron chi connectivity index (χ0n) is 16.3. The van der Waals surface area contributed by atoms with Crippen molar-refractivity contribution in [1.82, 2.24) is 30.3 Å². The van der Waals surface area contributed by atoms with Crippen LogP contribution in [0, 0.1) is 18.8 Å². The second kappa shape index (κ2) is 7.72. The highest BCUT2D eigenvalue weighted by atomic mass is 15.3. The van der Waals surface area contributed by atoms with Crippen molar-refractivity contribution in [3.05, 3.63) is 11.6 Å². The second-order valence-corrected chi connectivity index (χ2v) is 7.91. The van der Waals surface area contributed by atoms with E-state index < -0.39 is 0 Å². The summed E-state index contributed by atoms with van der Waals surface area (Å²) in [5.41, 5.74) is 0. The molecule has 3 rings (SSSR count). The SMILES string of the molecule is CN=C(NCC1CCc2nnc(C)n2C1)NC1CN(C(C)C)CC1C. The van der Waals surface area contributed by atoms with Crippen LogP contribution in [0.2, 0.25) is 0 Å². The van der Waals surface area contributed by atoms with Crippen molar-refractivity contribution >= 4 is 5.96 Å². The molecule has 2 aliphatic heterocycles. The van der Waals surface area contributed by atoms with Crippen LogP contribution >= 0.6 is 0 Å². The van der Waals surface area contributed by atoms with E-state index in [-0.39, 0.29) is 0 Å². The summed E-state index contributed by atoms with van der Waals surface area (Å²) in [5, 5.41) is 15.6. The average Bonchev–Trinajstić information content (AvgIpc) is 3.15. The van der Waals surface area contributed by atoms with E-state index in [1.807, 2.05) is 14.0 Å². The zero-order valence-corrected chi connectivity index (χ0v) is 16.3. The molecule has 7 heteroatoms. The van der Waals surface area contributed by atoms with Crippen molar-refractivity contribution in [3.63, 3.8) is 0 Å².